The first kappa shape index (κ1) is 14.8. The van der Waals surface area contributed by atoms with Crippen molar-refractivity contribution >= 4 is 5.84 Å². The number of aromatic amines is 1. The van der Waals surface area contributed by atoms with Crippen LogP contribution in [0, 0.1) is 6.92 Å². The van der Waals surface area contributed by atoms with Crippen molar-refractivity contribution in [2.75, 3.05) is 0 Å². The maximum Gasteiger partial charge on any atom is 0.251 e. The largest absolute Gasteiger partial charge is 0.321 e. The Bertz CT molecular complexity index is 716. The molecule has 0 aliphatic heterocycles. The Morgan fingerprint density at radius 3 is 2.52 bits per heavy atom. The van der Waals surface area contributed by atoms with E-state index in [0.717, 1.165) is 34.4 Å². The molecule has 0 atom stereocenters. The summed E-state index contributed by atoms with van der Waals surface area (Å²) in [6.45, 7) is 3.87. The molecular weight excluding hydrogens is 266 g/mol. The highest BCUT2D eigenvalue weighted by atomic mass is 16.1. The molecule has 0 fully saturated rings. The molecule has 1 aromatic carbocycles. The summed E-state index contributed by atoms with van der Waals surface area (Å²) >= 11 is 0. The fraction of sp³-hybridized carbons (Fsp3) is 0.200. The van der Waals surface area contributed by atoms with Gasteiger partial charge < -0.3 is 16.3 Å². The highest BCUT2D eigenvalue weighted by Crippen LogP contribution is 2.22. The van der Waals surface area contributed by atoms with Crippen molar-refractivity contribution in [2.45, 2.75) is 20.3 Å². The highest BCUT2D eigenvalue weighted by molar-refractivity contribution is 5.98. The number of H-pyrrole nitrogens is 1. The molecule has 0 aliphatic rings. The first-order valence-electron chi connectivity index (χ1n) is 6.68. The lowest BCUT2D eigenvalue weighted by molar-refractivity contribution is 1.00. The van der Waals surface area contributed by atoms with Crippen molar-refractivity contribution in [1.29, 1.82) is 0 Å². The highest BCUT2D eigenvalue weighted by Gasteiger charge is 2.08. The van der Waals surface area contributed by atoms with Crippen molar-refractivity contribution in [3.8, 4) is 11.3 Å². The number of hydrazone groups is 1. The molecule has 0 saturated carbocycles. The summed E-state index contributed by atoms with van der Waals surface area (Å²) in [5.41, 5.74) is 6.73. The number of nitrogens with zero attached hydrogens (tertiary/aromatic N) is 1. The molecule has 110 valence electrons. The van der Waals surface area contributed by atoms with Crippen LogP contribution >= 0.6 is 0 Å². The van der Waals surface area contributed by atoms with Gasteiger partial charge in [-0.15, -0.1) is 0 Å². The van der Waals surface area contributed by atoms with Crippen LogP contribution in [0.5, 0.6) is 0 Å². The van der Waals surface area contributed by atoms with Crippen molar-refractivity contribution in [3.63, 3.8) is 0 Å². The molecule has 0 bridgehead atoms. The summed E-state index contributed by atoms with van der Waals surface area (Å²) in [5.74, 6) is 11.0. The lowest BCUT2D eigenvalue weighted by Crippen LogP contribution is -2.31. The first-order chi connectivity index (χ1) is 10.1. The molecule has 2 aromatic rings. The van der Waals surface area contributed by atoms with Gasteiger partial charge in [-0.05, 0) is 30.5 Å². The van der Waals surface area contributed by atoms with Gasteiger partial charge in [0.25, 0.3) is 5.56 Å². The third-order valence-electron chi connectivity index (χ3n) is 3.40. The molecule has 1 aromatic heterocycles. The molecule has 6 nitrogen and oxygen atoms in total. The number of rotatable bonds is 3. The monoisotopic (exact) mass is 285 g/mol. The Labute approximate surface area is 122 Å². The topological polar surface area (TPSA) is 109 Å². The number of hydrogen-bond donors (Lipinski definition) is 4. The quantitative estimate of drug-likeness (QED) is 0.292. The minimum absolute atomic E-state index is 0.0703. The standard InChI is InChI=1S/C15H19N5O/c1-3-10-8-9(2)15(21)18-13(10)11-4-6-12(7-5-11)14(19-16)20-17/h4-8H,3,16-17H2,1-2H3,(H,18,21)(H,19,20). The van der Waals surface area contributed by atoms with Crippen LogP contribution in [-0.2, 0) is 6.42 Å². The Morgan fingerprint density at radius 2 is 2.00 bits per heavy atom. The molecule has 21 heavy (non-hydrogen) atoms. The van der Waals surface area contributed by atoms with E-state index >= 15 is 0 Å². The van der Waals surface area contributed by atoms with E-state index < -0.39 is 0 Å². The van der Waals surface area contributed by atoms with Gasteiger partial charge in [0.1, 0.15) is 0 Å². The number of nitrogens with two attached hydrogens (primary N) is 2. The zero-order valence-electron chi connectivity index (χ0n) is 12.1. The van der Waals surface area contributed by atoms with Crippen LogP contribution in [0.1, 0.15) is 23.6 Å². The first-order valence-corrected chi connectivity index (χ1v) is 6.68. The van der Waals surface area contributed by atoms with Gasteiger partial charge in [0.05, 0.1) is 5.69 Å². The van der Waals surface area contributed by atoms with Gasteiger partial charge in [-0.3, -0.25) is 4.79 Å². The van der Waals surface area contributed by atoms with E-state index in [1.807, 2.05) is 37.3 Å². The summed E-state index contributed by atoms with van der Waals surface area (Å²) < 4.78 is 0. The molecule has 0 amide bonds. The third-order valence-corrected chi connectivity index (χ3v) is 3.40. The Balaban J connectivity index is 2.48. The number of benzene rings is 1. The number of aryl methyl sites for hydroxylation is 2. The number of pyridine rings is 1. The van der Waals surface area contributed by atoms with Crippen LogP contribution in [0.15, 0.2) is 40.2 Å². The predicted molar refractivity (Wildman–Crippen MR) is 84.7 cm³/mol. The van der Waals surface area contributed by atoms with Gasteiger partial charge in [-0.2, -0.15) is 5.10 Å². The van der Waals surface area contributed by atoms with Crippen molar-refractivity contribution in [1.82, 2.24) is 10.4 Å². The van der Waals surface area contributed by atoms with E-state index in [4.69, 9.17) is 11.7 Å². The summed E-state index contributed by atoms with van der Waals surface area (Å²) in [6, 6.07) is 9.42. The van der Waals surface area contributed by atoms with Gasteiger partial charge >= 0.3 is 0 Å². The third kappa shape index (κ3) is 2.95. The van der Waals surface area contributed by atoms with Crippen LogP contribution in [0.4, 0.5) is 0 Å². The zero-order chi connectivity index (χ0) is 15.4. The summed E-state index contributed by atoms with van der Waals surface area (Å²) in [7, 11) is 0. The average molecular weight is 285 g/mol. The lowest BCUT2D eigenvalue weighted by Gasteiger charge is -2.10. The fourth-order valence-electron chi connectivity index (χ4n) is 2.22. The summed E-state index contributed by atoms with van der Waals surface area (Å²) in [4.78, 5) is 14.8. The van der Waals surface area contributed by atoms with Crippen LogP contribution in [0.2, 0.25) is 0 Å². The lowest BCUT2D eigenvalue weighted by atomic mass is 10.0. The van der Waals surface area contributed by atoms with E-state index in [1.165, 1.54) is 0 Å². The Kier molecular flexibility index (Phi) is 4.39. The maximum atomic E-state index is 11.8. The van der Waals surface area contributed by atoms with Crippen molar-refractivity contribution < 1.29 is 0 Å². The smallest absolute Gasteiger partial charge is 0.251 e. The number of amidine groups is 1. The molecule has 6 heteroatoms. The fourth-order valence-corrected chi connectivity index (χ4v) is 2.22. The van der Waals surface area contributed by atoms with Crippen LogP contribution < -0.4 is 22.7 Å². The molecule has 0 spiro atoms. The van der Waals surface area contributed by atoms with E-state index in [9.17, 15) is 4.79 Å². The van der Waals surface area contributed by atoms with Crippen LogP contribution in [0.25, 0.3) is 11.3 Å². The SMILES string of the molecule is CCc1cc(C)c(=O)[nH]c1-c1ccc(/C(=N/N)NN)cc1. The van der Waals surface area contributed by atoms with Gasteiger partial charge in [0.15, 0.2) is 5.84 Å². The maximum absolute atomic E-state index is 11.8. The second kappa shape index (κ2) is 6.23. The Morgan fingerprint density at radius 1 is 1.33 bits per heavy atom. The predicted octanol–water partition coefficient (Wildman–Crippen LogP) is 0.996. The summed E-state index contributed by atoms with van der Waals surface area (Å²) in [5, 5.41) is 3.56. The van der Waals surface area contributed by atoms with Crippen LogP contribution in [0.3, 0.4) is 0 Å². The number of nitrogens with one attached hydrogen (secondary N) is 2. The van der Waals surface area contributed by atoms with Crippen LogP contribution in [-0.4, -0.2) is 10.8 Å². The van der Waals surface area contributed by atoms with Crippen molar-refractivity contribution in [3.05, 3.63) is 57.4 Å². The van der Waals surface area contributed by atoms with Gasteiger partial charge in [0, 0.05) is 11.1 Å². The number of aromatic nitrogens is 1. The minimum atomic E-state index is -0.0703. The van der Waals surface area contributed by atoms with Crippen molar-refractivity contribution in [2.24, 2.45) is 16.8 Å². The molecular formula is C15H19N5O. The number of hydrogen-bond acceptors (Lipinski definition) is 4. The second-order valence-electron chi connectivity index (χ2n) is 4.73. The molecule has 0 saturated heterocycles. The molecule has 0 unspecified atom stereocenters. The average Bonchev–Trinajstić information content (AvgIpc) is 2.51. The molecule has 1 heterocycles. The van der Waals surface area contributed by atoms with Gasteiger partial charge in [-0.1, -0.05) is 31.2 Å². The van der Waals surface area contributed by atoms with E-state index in [1.54, 1.807) is 0 Å². The summed E-state index contributed by atoms with van der Waals surface area (Å²) in [6.07, 6.45) is 0.842. The van der Waals surface area contributed by atoms with E-state index in [2.05, 4.69) is 22.4 Å². The van der Waals surface area contributed by atoms with E-state index in [-0.39, 0.29) is 5.56 Å². The number of hydrazine groups is 1. The van der Waals surface area contributed by atoms with E-state index in [0.29, 0.717) is 5.84 Å². The molecule has 2 rings (SSSR count). The molecule has 0 radical (unpaired) electrons. The van der Waals surface area contributed by atoms with Gasteiger partial charge in [-0.25, -0.2) is 5.84 Å². The van der Waals surface area contributed by atoms with Gasteiger partial charge in [0.2, 0.25) is 0 Å². The zero-order valence-corrected chi connectivity index (χ0v) is 12.1. The molecule has 0 aliphatic carbocycles. The minimum Gasteiger partial charge on any atom is -0.321 e. The second-order valence-corrected chi connectivity index (χ2v) is 4.73. The molecule has 6 N–H and O–H groups in total. The Hall–Kier alpha value is -2.60. The normalized spacial score (nSPS) is 11.5.